The van der Waals surface area contributed by atoms with Gasteiger partial charge in [0.15, 0.2) is 0 Å². The summed E-state index contributed by atoms with van der Waals surface area (Å²) < 4.78 is 42.3. The van der Waals surface area contributed by atoms with Crippen LogP contribution in [0.4, 0.5) is 29.3 Å². The van der Waals surface area contributed by atoms with Crippen molar-refractivity contribution >= 4 is 29.0 Å². The Kier molecular flexibility index (Phi) is 4.65. The zero-order valence-corrected chi connectivity index (χ0v) is 15.9. The largest absolute Gasteiger partial charge is 0.362 e. The van der Waals surface area contributed by atoms with Gasteiger partial charge in [0, 0.05) is 18.7 Å². The van der Waals surface area contributed by atoms with Crippen molar-refractivity contribution in [2.24, 2.45) is 0 Å². The molecule has 1 unspecified atom stereocenters. The molecule has 0 aliphatic carbocycles. The number of fused-ring (bicyclic) bond motifs is 1. The predicted octanol–water partition coefficient (Wildman–Crippen LogP) is 3.96. The van der Waals surface area contributed by atoms with Gasteiger partial charge in [0.2, 0.25) is 0 Å². The van der Waals surface area contributed by atoms with E-state index in [1.165, 1.54) is 18.2 Å². The average Bonchev–Trinajstić information content (AvgIpc) is 3.19. The fourth-order valence-electron chi connectivity index (χ4n) is 3.63. The van der Waals surface area contributed by atoms with Gasteiger partial charge in [-0.25, -0.2) is 18.0 Å². The minimum absolute atomic E-state index is 0.0835. The van der Waals surface area contributed by atoms with Gasteiger partial charge in [-0.2, -0.15) is 5.10 Å². The van der Waals surface area contributed by atoms with Crippen LogP contribution in [0, 0.1) is 5.82 Å². The molecule has 6 nitrogen and oxygen atoms in total. The number of amides is 2. The highest BCUT2D eigenvalue weighted by atomic mass is 35.5. The van der Waals surface area contributed by atoms with Crippen LogP contribution in [0.2, 0.25) is 5.02 Å². The first kappa shape index (κ1) is 18.9. The fraction of sp³-hybridized carbons (Fsp3) is 0.444. The van der Waals surface area contributed by atoms with Gasteiger partial charge in [-0.1, -0.05) is 11.6 Å². The summed E-state index contributed by atoms with van der Waals surface area (Å²) in [6, 6.07) is 3.41. The van der Waals surface area contributed by atoms with E-state index in [1.807, 2.05) is 6.92 Å². The number of anilines is 2. The number of alkyl halides is 2. The Morgan fingerprint density at radius 2 is 2.18 bits per heavy atom. The van der Waals surface area contributed by atoms with Crippen molar-refractivity contribution in [3.05, 3.63) is 40.9 Å². The maximum absolute atomic E-state index is 13.6. The zero-order valence-electron chi connectivity index (χ0n) is 15.1. The Balaban J connectivity index is 1.53. The molecule has 2 aromatic rings. The fourth-order valence-corrected chi connectivity index (χ4v) is 3.81. The Labute approximate surface area is 164 Å². The van der Waals surface area contributed by atoms with Crippen LogP contribution in [-0.2, 0) is 13.1 Å². The number of halogens is 4. The van der Waals surface area contributed by atoms with Crippen LogP contribution in [0.15, 0.2) is 24.4 Å². The summed E-state index contributed by atoms with van der Waals surface area (Å²) in [6.45, 7) is 2.48. The number of carbonyl (C=O) groups excluding carboxylic acids is 1. The third kappa shape index (κ3) is 3.50. The first-order valence-corrected chi connectivity index (χ1v) is 9.31. The monoisotopic (exact) mass is 413 g/mol. The molecular weight excluding hydrogens is 395 g/mol. The molecule has 10 heteroatoms. The van der Waals surface area contributed by atoms with Crippen molar-refractivity contribution in [1.82, 2.24) is 14.7 Å². The molecule has 1 aromatic carbocycles. The van der Waals surface area contributed by atoms with Crippen molar-refractivity contribution in [1.29, 1.82) is 0 Å². The highest BCUT2D eigenvalue weighted by Crippen LogP contribution is 2.34. The van der Waals surface area contributed by atoms with E-state index in [-0.39, 0.29) is 43.2 Å². The second-order valence-corrected chi connectivity index (χ2v) is 7.63. The molecule has 0 radical (unpaired) electrons. The minimum atomic E-state index is -2.71. The zero-order chi connectivity index (χ0) is 20.1. The molecule has 1 N–H and O–H groups in total. The third-order valence-corrected chi connectivity index (χ3v) is 5.45. The molecule has 1 fully saturated rings. The molecule has 0 saturated carbocycles. The Morgan fingerprint density at radius 3 is 2.86 bits per heavy atom. The Hall–Kier alpha value is -2.42. The number of nitrogens with zero attached hydrogens (tertiary/aromatic N) is 4. The number of hydrogen-bond donors (Lipinski definition) is 1. The second kappa shape index (κ2) is 6.88. The molecule has 0 spiro atoms. The van der Waals surface area contributed by atoms with E-state index < -0.39 is 11.7 Å². The number of benzene rings is 1. The van der Waals surface area contributed by atoms with Gasteiger partial charge in [-0.15, -0.1) is 0 Å². The van der Waals surface area contributed by atoms with E-state index in [1.54, 1.807) is 20.7 Å². The summed E-state index contributed by atoms with van der Waals surface area (Å²) in [6.07, 6.45) is 1.40. The number of hydrogen-bond acceptors (Lipinski definition) is 3. The molecular formula is C18H19ClF3N5O. The highest BCUT2D eigenvalue weighted by molar-refractivity contribution is 6.31. The molecule has 2 aliphatic rings. The van der Waals surface area contributed by atoms with Gasteiger partial charge >= 0.3 is 6.03 Å². The summed E-state index contributed by atoms with van der Waals surface area (Å²) in [5.74, 6) is -3.28. The van der Waals surface area contributed by atoms with Crippen molar-refractivity contribution in [3.8, 4) is 0 Å². The second-order valence-electron chi connectivity index (χ2n) is 7.22. The van der Waals surface area contributed by atoms with E-state index in [9.17, 15) is 18.0 Å². The lowest BCUT2D eigenvalue weighted by molar-refractivity contribution is 0.0257. The molecule has 3 heterocycles. The van der Waals surface area contributed by atoms with Crippen molar-refractivity contribution in [2.45, 2.75) is 38.4 Å². The van der Waals surface area contributed by atoms with Gasteiger partial charge in [0.25, 0.3) is 5.92 Å². The van der Waals surface area contributed by atoms with Crippen LogP contribution >= 0.6 is 11.6 Å². The quantitative estimate of drug-likeness (QED) is 0.811. The molecule has 1 aromatic heterocycles. The van der Waals surface area contributed by atoms with Crippen molar-refractivity contribution in [2.75, 3.05) is 23.3 Å². The summed E-state index contributed by atoms with van der Waals surface area (Å²) in [5.41, 5.74) is 1.73. The maximum atomic E-state index is 13.6. The normalized spacial score (nSPS) is 21.0. The van der Waals surface area contributed by atoms with Crippen LogP contribution in [0.3, 0.4) is 0 Å². The summed E-state index contributed by atoms with van der Waals surface area (Å²) in [4.78, 5) is 16.0. The average molecular weight is 414 g/mol. The van der Waals surface area contributed by atoms with E-state index in [0.29, 0.717) is 17.9 Å². The number of aromatic nitrogens is 2. The van der Waals surface area contributed by atoms with Gasteiger partial charge in [-0.3, -0.25) is 4.68 Å². The lowest BCUT2D eigenvalue weighted by Gasteiger charge is -2.35. The van der Waals surface area contributed by atoms with E-state index >= 15 is 0 Å². The summed E-state index contributed by atoms with van der Waals surface area (Å²) >= 11 is 5.76. The van der Waals surface area contributed by atoms with Gasteiger partial charge in [-0.05, 0) is 25.1 Å². The lowest BCUT2D eigenvalue weighted by Crippen LogP contribution is -2.47. The molecule has 28 heavy (non-hydrogen) atoms. The number of urea groups is 1. The maximum Gasteiger partial charge on any atom is 0.322 e. The van der Waals surface area contributed by atoms with E-state index in [4.69, 9.17) is 11.6 Å². The highest BCUT2D eigenvalue weighted by Gasteiger charge is 2.40. The van der Waals surface area contributed by atoms with Crippen LogP contribution in [0.5, 0.6) is 0 Å². The summed E-state index contributed by atoms with van der Waals surface area (Å²) in [5, 5.41) is 6.94. The van der Waals surface area contributed by atoms with E-state index in [0.717, 1.165) is 5.69 Å². The van der Waals surface area contributed by atoms with Gasteiger partial charge < -0.3 is 15.1 Å². The predicted molar refractivity (Wildman–Crippen MR) is 99.4 cm³/mol. The smallest absolute Gasteiger partial charge is 0.322 e. The number of rotatable bonds is 2. The molecule has 2 amide bonds. The first-order valence-electron chi connectivity index (χ1n) is 8.94. The SMILES string of the molecule is CC1Cn2ncc(N3CCC(F)(F)C3)c2CN1C(=O)Nc1ccc(F)c(Cl)c1. The topological polar surface area (TPSA) is 53.4 Å². The molecule has 2 aliphatic heterocycles. The Bertz CT molecular complexity index is 919. The number of nitrogens with one attached hydrogen (secondary N) is 1. The Morgan fingerprint density at radius 1 is 1.39 bits per heavy atom. The van der Waals surface area contributed by atoms with Crippen LogP contribution in [0.1, 0.15) is 19.0 Å². The molecule has 0 bridgehead atoms. The van der Waals surface area contributed by atoms with Crippen LogP contribution in [-0.4, -0.2) is 45.8 Å². The third-order valence-electron chi connectivity index (χ3n) is 5.16. The van der Waals surface area contributed by atoms with Crippen LogP contribution < -0.4 is 10.2 Å². The first-order chi connectivity index (χ1) is 13.2. The van der Waals surface area contributed by atoms with E-state index in [2.05, 4.69) is 10.4 Å². The van der Waals surface area contributed by atoms with Crippen molar-refractivity contribution < 1.29 is 18.0 Å². The molecule has 1 saturated heterocycles. The van der Waals surface area contributed by atoms with Crippen LogP contribution in [0.25, 0.3) is 0 Å². The lowest BCUT2D eigenvalue weighted by atomic mass is 10.2. The molecule has 150 valence electrons. The van der Waals surface area contributed by atoms with Crippen molar-refractivity contribution in [3.63, 3.8) is 0 Å². The summed E-state index contributed by atoms with van der Waals surface area (Å²) in [7, 11) is 0. The van der Waals surface area contributed by atoms with Gasteiger partial charge in [0.1, 0.15) is 5.82 Å². The number of carbonyl (C=O) groups is 1. The van der Waals surface area contributed by atoms with Gasteiger partial charge in [0.05, 0.1) is 48.3 Å². The molecule has 1 atom stereocenters. The standard InChI is InChI=1S/C18H19ClF3N5O/c1-11-8-27-16(15(7-23-27)25-5-4-18(21,22)10-25)9-26(11)17(28)24-12-2-3-14(20)13(19)6-12/h2-3,6-7,11H,4-5,8-10H2,1H3,(H,24,28). The molecule has 4 rings (SSSR count). The minimum Gasteiger partial charge on any atom is -0.362 e.